The molecule has 1 aromatic carbocycles. The Morgan fingerprint density at radius 2 is 2.35 bits per heavy atom. The summed E-state index contributed by atoms with van der Waals surface area (Å²) in [4.78, 5) is 23.9. The minimum Gasteiger partial charge on any atom is -0.366 e. The van der Waals surface area contributed by atoms with Gasteiger partial charge in [0.25, 0.3) is 5.69 Å². The fourth-order valence-corrected chi connectivity index (χ4v) is 2.60. The highest BCUT2D eigenvalue weighted by Gasteiger charge is 2.27. The third-order valence-corrected chi connectivity index (χ3v) is 3.58. The summed E-state index contributed by atoms with van der Waals surface area (Å²) in [7, 11) is 0. The number of carbonyl (C=O) groups is 1. The zero-order valence-electron chi connectivity index (χ0n) is 11.3. The number of carbonyl (C=O) groups excluding carboxylic acids is 1. The molecule has 1 fully saturated rings. The summed E-state index contributed by atoms with van der Waals surface area (Å²) >= 11 is 0. The van der Waals surface area contributed by atoms with Gasteiger partial charge in [0, 0.05) is 30.8 Å². The maximum atomic E-state index is 11.2. The molecule has 0 aromatic heterocycles. The van der Waals surface area contributed by atoms with Crippen LogP contribution >= 0.6 is 0 Å². The molecule has 0 saturated carbocycles. The van der Waals surface area contributed by atoms with E-state index >= 15 is 0 Å². The molecule has 7 nitrogen and oxygen atoms in total. The number of nitrogens with two attached hydrogens (primary N) is 1. The van der Waals surface area contributed by atoms with E-state index in [-0.39, 0.29) is 17.3 Å². The van der Waals surface area contributed by atoms with Gasteiger partial charge in [0.1, 0.15) is 5.69 Å². The third kappa shape index (κ3) is 2.72. The average molecular weight is 278 g/mol. The molecule has 1 aromatic rings. The molecule has 0 spiro atoms. The lowest BCUT2D eigenvalue weighted by atomic mass is 10.1. The van der Waals surface area contributed by atoms with Gasteiger partial charge in [-0.25, -0.2) is 0 Å². The number of anilines is 1. The Labute approximate surface area is 116 Å². The number of benzene rings is 1. The van der Waals surface area contributed by atoms with Gasteiger partial charge in [0.15, 0.2) is 0 Å². The summed E-state index contributed by atoms with van der Waals surface area (Å²) in [5, 5.41) is 14.5. The van der Waals surface area contributed by atoms with Crippen molar-refractivity contribution in [3.63, 3.8) is 0 Å². The second kappa shape index (κ2) is 5.87. The van der Waals surface area contributed by atoms with Crippen molar-refractivity contribution in [1.82, 2.24) is 5.32 Å². The number of nitrogens with one attached hydrogen (secondary N) is 1. The maximum Gasteiger partial charge on any atom is 0.293 e. The van der Waals surface area contributed by atoms with Crippen LogP contribution in [0.5, 0.6) is 0 Å². The van der Waals surface area contributed by atoms with E-state index < -0.39 is 10.8 Å². The SMILES string of the molecule is CCN(c1ccc(C(N)=O)cc1[N+](=O)[O-])C1CCNC1. The first-order valence-corrected chi connectivity index (χ1v) is 6.60. The zero-order valence-corrected chi connectivity index (χ0v) is 11.3. The van der Waals surface area contributed by atoms with Crippen LogP contribution < -0.4 is 16.0 Å². The number of nitro groups is 1. The second-order valence-electron chi connectivity index (χ2n) is 4.76. The number of nitro benzene ring substituents is 1. The number of likely N-dealkylation sites (N-methyl/N-ethyl adjacent to an activating group) is 1. The second-order valence-corrected chi connectivity index (χ2v) is 4.76. The van der Waals surface area contributed by atoms with E-state index in [2.05, 4.69) is 5.32 Å². The van der Waals surface area contributed by atoms with E-state index in [1.54, 1.807) is 6.07 Å². The number of hydrogen-bond acceptors (Lipinski definition) is 5. The van der Waals surface area contributed by atoms with E-state index in [9.17, 15) is 14.9 Å². The van der Waals surface area contributed by atoms with Gasteiger partial charge in [-0.3, -0.25) is 14.9 Å². The number of nitrogens with zero attached hydrogens (tertiary/aromatic N) is 2. The Bertz CT molecular complexity index is 526. The molecule has 1 aliphatic rings. The van der Waals surface area contributed by atoms with Gasteiger partial charge in [-0.2, -0.15) is 0 Å². The fourth-order valence-electron chi connectivity index (χ4n) is 2.60. The number of amides is 1. The summed E-state index contributed by atoms with van der Waals surface area (Å²) in [6, 6.07) is 4.64. The van der Waals surface area contributed by atoms with Gasteiger partial charge in [-0.1, -0.05) is 0 Å². The van der Waals surface area contributed by atoms with Crippen LogP contribution in [0.25, 0.3) is 0 Å². The van der Waals surface area contributed by atoms with E-state index in [1.807, 2.05) is 11.8 Å². The first-order chi connectivity index (χ1) is 9.54. The minimum absolute atomic E-state index is 0.0740. The highest BCUT2D eigenvalue weighted by atomic mass is 16.6. The Kier molecular flexibility index (Phi) is 4.19. The molecule has 108 valence electrons. The van der Waals surface area contributed by atoms with E-state index in [1.165, 1.54) is 12.1 Å². The summed E-state index contributed by atoms with van der Waals surface area (Å²) in [6.45, 7) is 4.35. The quantitative estimate of drug-likeness (QED) is 0.615. The fraction of sp³-hybridized carbons (Fsp3) is 0.462. The van der Waals surface area contributed by atoms with Crippen LogP contribution in [0.2, 0.25) is 0 Å². The molecule has 1 heterocycles. The lowest BCUT2D eigenvalue weighted by molar-refractivity contribution is -0.384. The van der Waals surface area contributed by atoms with Crippen LogP contribution in [0, 0.1) is 10.1 Å². The van der Waals surface area contributed by atoms with Crippen molar-refractivity contribution in [3.8, 4) is 0 Å². The van der Waals surface area contributed by atoms with Crippen LogP contribution in [0.15, 0.2) is 18.2 Å². The third-order valence-electron chi connectivity index (χ3n) is 3.58. The highest BCUT2D eigenvalue weighted by molar-refractivity contribution is 5.94. The first-order valence-electron chi connectivity index (χ1n) is 6.60. The highest BCUT2D eigenvalue weighted by Crippen LogP contribution is 2.31. The molecule has 0 aliphatic carbocycles. The molecule has 2 rings (SSSR count). The predicted octanol–water partition coefficient (Wildman–Crippen LogP) is 0.882. The largest absolute Gasteiger partial charge is 0.366 e. The Morgan fingerprint density at radius 1 is 1.60 bits per heavy atom. The van der Waals surface area contributed by atoms with Gasteiger partial charge < -0.3 is 16.0 Å². The van der Waals surface area contributed by atoms with Crippen molar-refractivity contribution in [2.75, 3.05) is 24.5 Å². The van der Waals surface area contributed by atoms with Crippen molar-refractivity contribution in [1.29, 1.82) is 0 Å². The first kappa shape index (κ1) is 14.3. The van der Waals surface area contributed by atoms with Gasteiger partial charge in [0.05, 0.1) is 4.92 Å². The summed E-state index contributed by atoms with van der Waals surface area (Å²) in [5.74, 6) is -0.662. The number of rotatable bonds is 5. The predicted molar refractivity (Wildman–Crippen MR) is 75.9 cm³/mol. The molecule has 0 radical (unpaired) electrons. The van der Waals surface area contributed by atoms with Crippen molar-refractivity contribution < 1.29 is 9.72 Å². The topological polar surface area (TPSA) is 102 Å². The van der Waals surface area contributed by atoms with E-state index in [4.69, 9.17) is 5.73 Å². The van der Waals surface area contributed by atoms with Gasteiger partial charge in [-0.15, -0.1) is 0 Å². The molecule has 1 saturated heterocycles. The molecular weight excluding hydrogens is 260 g/mol. The van der Waals surface area contributed by atoms with Crippen LogP contribution in [-0.4, -0.2) is 36.5 Å². The molecule has 1 aliphatic heterocycles. The Balaban J connectivity index is 2.42. The van der Waals surface area contributed by atoms with Gasteiger partial charge in [-0.05, 0) is 32.0 Å². The van der Waals surface area contributed by atoms with Crippen LogP contribution in [0.1, 0.15) is 23.7 Å². The minimum atomic E-state index is -0.662. The molecule has 3 N–H and O–H groups in total. The van der Waals surface area contributed by atoms with Crippen molar-refractivity contribution >= 4 is 17.3 Å². The van der Waals surface area contributed by atoms with Crippen molar-refractivity contribution in [2.45, 2.75) is 19.4 Å². The zero-order chi connectivity index (χ0) is 14.7. The van der Waals surface area contributed by atoms with E-state index in [0.29, 0.717) is 12.2 Å². The van der Waals surface area contributed by atoms with Crippen molar-refractivity contribution in [2.24, 2.45) is 5.73 Å². The van der Waals surface area contributed by atoms with Crippen LogP contribution in [0.4, 0.5) is 11.4 Å². The Hall–Kier alpha value is -2.15. The molecule has 1 unspecified atom stereocenters. The van der Waals surface area contributed by atoms with Gasteiger partial charge in [0.2, 0.25) is 5.91 Å². The Morgan fingerprint density at radius 3 is 2.85 bits per heavy atom. The molecule has 1 amide bonds. The maximum absolute atomic E-state index is 11.2. The summed E-state index contributed by atoms with van der Waals surface area (Å²) < 4.78 is 0. The normalized spacial score (nSPS) is 17.9. The van der Waals surface area contributed by atoms with Crippen LogP contribution in [-0.2, 0) is 0 Å². The number of primary amides is 1. The standard InChI is InChI=1S/C13H18N4O3/c1-2-16(10-5-6-15-8-10)11-4-3-9(13(14)18)7-12(11)17(19)20/h3-4,7,10,15H,2,5-6,8H2,1H3,(H2,14,18). The van der Waals surface area contributed by atoms with Crippen LogP contribution in [0.3, 0.4) is 0 Å². The summed E-state index contributed by atoms with van der Waals surface area (Å²) in [6.07, 6.45) is 0.947. The average Bonchev–Trinajstić information content (AvgIpc) is 2.93. The summed E-state index contributed by atoms with van der Waals surface area (Å²) in [5.41, 5.74) is 5.80. The molecular formula is C13H18N4O3. The molecule has 0 bridgehead atoms. The van der Waals surface area contributed by atoms with E-state index in [0.717, 1.165) is 19.5 Å². The van der Waals surface area contributed by atoms with Gasteiger partial charge >= 0.3 is 0 Å². The lowest BCUT2D eigenvalue weighted by Gasteiger charge is -2.29. The lowest BCUT2D eigenvalue weighted by Crippen LogP contribution is -2.37. The molecule has 20 heavy (non-hydrogen) atoms. The van der Waals surface area contributed by atoms with Crippen molar-refractivity contribution in [3.05, 3.63) is 33.9 Å². The molecule has 7 heteroatoms. The number of hydrogen-bond donors (Lipinski definition) is 2. The monoisotopic (exact) mass is 278 g/mol. The smallest absolute Gasteiger partial charge is 0.293 e. The molecule has 1 atom stereocenters.